The number of hydrogen-bond donors (Lipinski definition) is 1. The molecule has 0 aliphatic heterocycles. The summed E-state index contributed by atoms with van der Waals surface area (Å²) in [4.78, 5) is 23.8. The van der Waals surface area contributed by atoms with E-state index in [1.165, 1.54) is 52.2 Å². The van der Waals surface area contributed by atoms with Crippen LogP contribution in [0.15, 0.2) is 23.1 Å². The lowest BCUT2D eigenvalue weighted by molar-refractivity contribution is -0.147. The number of sulfonamides is 1. The third kappa shape index (κ3) is 5.93. The van der Waals surface area contributed by atoms with Crippen LogP contribution in [0.1, 0.15) is 38.5 Å². The Hall–Kier alpha value is -2.13. The van der Waals surface area contributed by atoms with E-state index in [-0.39, 0.29) is 16.3 Å². The lowest BCUT2D eigenvalue weighted by Crippen LogP contribution is -2.24. The predicted molar refractivity (Wildman–Crippen MR) is 105 cm³/mol. The summed E-state index contributed by atoms with van der Waals surface area (Å²) in [6, 6.07) is 4.29. The first kappa shape index (κ1) is 22.2. The number of hydrogen-bond acceptors (Lipinski definition) is 6. The quantitative estimate of drug-likeness (QED) is 0.625. The third-order valence-electron chi connectivity index (χ3n) is 4.80. The molecule has 1 aliphatic rings. The summed E-state index contributed by atoms with van der Waals surface area (Å²) >= 11 is 0. The van der Waals surface area contributed by atoms with Gasteiger partial charge in [-0.2, -0.15) is 0 Å². The number of nitrogens with one attached hydrogen (secondary N) is 1. The highest BCUT2D eigenvalue weighted by molar-refractivity contribution is 7.89. The highest BCUT2D eigenvalue weighted by atomic mass is 32.2. The van der Waals surface area contributed by atoms with Gasteiger partial charge in [0, 0.05) is 26.2 Å². The number of rotatable bonds is 9. The van der Waals surface area contributed by atoms with Crippen LogP contribution in [-0.4, -0.2) is 52.4 Å². The van der Waals surface area contributed by atoms with E-state index in [9.17, 15) is 18.0 Å². The lowest BCUT2D eigenvalue weighted by atomic mass is 10.0. The number of nitrogens with zero attached hydrogens (tertiary/aromatic N) is 1. The normalized spacial score (nSPS) is 14.9. The number of esters is 1. The summed E-state index contributed by atoms with van der Waals surface area (Å²) in [6.45, 7) is -0.411. The number of methoxy groups -OCH3 is 1. The fourth-order valence-electron chi connectivity index (χ4n) is 3.19. The van der Waals surface area contributed by atoms with Crippen molar-refractivity contribution in [3.8, 4) is 5.75 Å². The summed E-state index contributed by atoms with van der Waals surface area (Å²) in [7, 11) is 0.436. The van der Waals surface area contributed by atoms with E-state index in [1.807, 2.05) is 0 Å². The zero-order valence-electron chi connectivity index (χ0n) is 16.6. The first-order valence-electron chi connectivity index (χ1n) is 9.30. The molecule has 1 aromatic carbocycles. The Kier molecular flexibility index (Phi) is 7.82. The maximum atomic E-state index is 12.4. The molecule has 1 N–H and O–H groups in total. The summed E-state index contributed by atoms with van der Waals surface area (Å²) in [5, 5.41) is 2.54. The Labute approximate surface area is 166 Å². The molecule has 0 aromatic heterocycles. The maximum Gasteiger partial charge on any atom is 0.306 e. The smallest absolute Gasteiger partial charge is 0.306 e. The van der Waals surface area contributed by atoms with Gasteiger partial charge >= 0.3 is 5.97 Å². The molecule has 2 rings (SSSR count). The molecular formula is C19H28N2O6S. The number of benzene rings is 1. The van der Waals surface area contributed by atoms with Crippen LogP contribution >= 0.6 is 0 Å². The van der Waals surface area contributed by atoms with Gasteiger partial charge in [0.1, 0.15) is 10.6 Å². The van der Waals surface area contributed by atoms with Gasteiger partial charge in [-0.1, -0.05) is 25.7 Å². The average molecular weight is 413 g/mol. The first-order valence-corrected chi connectivity index (χ1v) is 10.7. The van der Waals surface area contributed by atoms with Gasteiger partial charge in [0.15, 0.2) is 6.61 Å². The van der Waals surface area contributed by atoms with Gasteiger partial charge in [-0.15, -0.1) is 0 Å². The molecule has 0 atom stereocenters. The Morgan fingerprint density at radius 1 is 1.21 bits per heavy atom. The first-order chi connectivity index (χ1) is 13.2. The van der Waals surface area contributed by atoms with Gasteiger partial charge in [-0.3, -0.25) is 9.59 Å². The second-order valence-corrected chi connectivity index (χ2v) is 9.17. The number of carbonyl (C=O) groups excluding carboxylic acids is 2. The van der Waals surface area contributed by atoms with Gasteiger partial charge in [0.2, 0.25) is 10.0 Å². The van der Waals surface area contributed by atoms with Crippen molar-refractivity contribution in [1.82, 2.24) is 4.31 Å². The highest BCUT2D eigenvalue weighted by Gasteiger charge is 2.23. The van der Waals surface area contributed by atoms with Gasteiger partial charge in [-0.25, -0.2) is 12.7 Å². The average Bonchev–Trinajstić information content (AvgIpc) is 3.18. The monoisotopic (exact) mass is 412 g/mol. The van der Waals surface area contributed by atoms with Crippen LogP contribution in [0.4, 0.5) is 5.69 Å². The van der Waals surface area contributed by atoms with E-state index in [2.05, 4.69) is 5.32 Å². The summed E-state index contributed by atoms with van der Waals surface area (Å²) in [6.07, 6.45) is 5.86. The van der Waals surface area contributed by atoms with Gasteiger partial charge in [0.05, 0.1) is 7.11 Å². The lowest BCUT2D eigenvalue weighted by Gasteiger charge is -2.16. The van der Waals surface area contributed by atoms with Crippen LogP contribution in [0.3, 0.4) is 0 Å². The molecule has 9 heteroatoms. The van der Waals surface area contributed by atoms with Crippen molar-refractivity contribution in [2.45, 2.75) is 43.4 Å². The molecule has 0 heterocycles. The molecule has 156 valence electrons. The van der Waals surface area contributed by atoms with Gasteiger partial charge in [-0.05, 0) is 30.5 Å². The van der Waals surface area contributed by atoms with Crippen LogP contribution in [0, 0.1) is 5.92 Å². The van der Waals surface area contributed by atoms with Crippen molar-refractivity contribution >= 4 is 27.6 Å². The van der Waals surface area contributed by atoms with E-state index in [4.69, 9.17) is 9.47 Å². The summed E-state index contributed by atoms with van der Waals surface area (Å²) < 4.78 is 36.0. The molecule has 0 bridgehead atoms. The molecule has 1 amide bonds. The van der Waals surface area contributed by atoms with Crippen LogP contribution in [0.5, 0.6) is 5.75 Å². The summed E-state index contributed by atoms with van der Waals surface area (Å²) in [5.41, 5.74) is 0.272. The minimum Gasteiger partial charge on any atom is -0.495 e. The Bertz CT molecular complexity index is 801. The van der Waals surface area contributed by atoms with Crippen molar-refractivity contribution < 1.29 is 27.5 Å². The topological polar surface area (TPSA) is 102 Å². The zero-order chi connectivity index (χ0) is 20.7. The Morgan fingerprint density at radius 2 is 1.89 bits per heavy atom. The highest BCUT2D eigenvalue weighted by Crippen LogP contribution is 2.29. The zero-order valence-corrected chi connectivity index (χ0v) is 17.4. The molecule has 8 nitrogen and oxygen atoms in total. The fraction of sp³-hybridized carbons (Fsp3) is 0.579. The van der Waals surface area contributed by atoms with E-state index in [0.29, 0.717) is 12.3 Å². The van der Waals surface area contributed by atoms with Crippen LogP contribution in [-0.2, 0) is 24.3 Å². The minimum absolute atomic E-state index is 0.0636. The third-order valence-corrected chi connectivity index (χ3v) is 6.64. The van der Waals surface area contributed by atoms with Gasteiger partial charge in [0.25, 0.3) is 5.91 Å². The largest absolute Gasteiger partial charge is 0.495 e. The van der Waals surface area contributed by atoms with Crippen LogP contribution < -0.4 is 10.1 Å². The predicted octanol–water partition coefficient (Wildman–Crippen LogP) is 2.40. The molecule has 0 saturated heterocycles. The molecule has 1 aromatic rings. The maximum absolute atomic E-state index is 12.4. The molecule has 0 radical (unpaired) electrons. The molecule has 1 fully saturated rings. The molecule has 28 heavy (non-hydrogen) atoms. The van der Waals surface area contributed by atoms with Crippen molar-refractivity contribution in [2.75, 3.05) is 33.1 Å². The number of carbonyl (C=O) groups is 2. The molecule has 1 aliphatic carbocycles. The molecule has 0 spiro atoms. The van der Waals surface area contributed by atoms with E-state index in [1.54, 1.807) is 0 Å². The van der Waals surface area contributed by atoms with E-state index >= 15 is 0 Å². The summed E-state index contributed by atoms with van der Waals surface area (Å²) in [5.74, 6) is -0.178. The molecule has 0 unspecified atom stereocenters. The van der Waals surface area contributed by atoms with Gasteiger partial charge < -0.3 is 14.8 Å². The number of anilines is 1. The van der Waals surface area contributed by atoms with Crippen molar-refractivity contribution in [3.05, 3.63) is 18.2 Å². The number of ether oxygens (including phenoxy) is 2. The Balaban J connectivity index is 1.91. The van der Waals surface area contributed by atoms with Crippen molar-refractivity contribution in [2.24, 2.45) is 5.92 Å². The number of amides is 1. The van der Waals surface area contributed by atoms with Crippen molar-refractivity contribution in [3.63, 3.8) is 0 Å². The second-order valence-electron chi connectivity index (χ2n) is 7.05. The van der Waals surface area contributed by atoms with Crippen LogP contribution in [0.2, 0.25) is 0 Å². The molecule has 1 saturated carbocycles. The SMILES string of the molecule is COc1ccc(NC(=O)COC(=O)CCC2CCCC2)cc1S(=O)(=O)N(C)C. The standard InChI is InChI=1S/C19H28N2O6S/c1-21(2)28(24,25)17-12-15(9-10-16(17)26-3)20-18(22)13-27-19(23)11-8-14-6-4-5-7-14/h9-10,12,14H,4-8,11,13H2,1-3H3,(H,20,22). The minimum atomic E-state index is -3.75. The van der Waals surface area contributed by atoms with E-state index < -0.39 is 28.5 Å². The second kappa shape index (κ2) is 9.88. The van der Waals surface area contributed by atoms with Crippen LogP contribution in [0.25, 0.3) is 0 Å². The fourth-order valence-corrected chi connectivity index (χ4v) is 4.26. The van der Waals surface area contributed by atoms with Crippen molar-refractivity contribution in [1.29, 1.82) is 0 Å². The van der Waals surface area contributed by atoms with E-state index in [0.717, 1.165) is 23.6 Å². The molecular weight excluding hydrogens is 384 g/mol. The Morgan fingerprint density at radius 3 is 2.50 bits per heavy atom.